The van der Waals surface area contributed by atoms with E-state index in [1.54, 1.807) is 6.07 Å². The van der Waals surface area contributed by atoms with Crippen molar-refractivity contribution >= 4 is 77.7 Å². The molecule has 13 aromatic carbocycles. The Morgan fingerprint density at radius 3 is 1.12 bits per heavy atom. The highest BCUT2D eigenvalue weighted by molar-refractivity contribution is 6.15. The van der Waals surface area contributed by atoms with Crippen molar-refractivity contribution < 1.29 is 0 Å². The van der Waals surface area contributed by atoms with Crippen LogP contribution in [0.5, 0.6) is 0 Å². The third-order valence-corrected chi connectivity index (χ3v) is 17.6. The van der Waals surface area contributed by atoms with E-state index in [1.165, 1.54) is 0 Å². The lowest BCUT2D eigenvalue weighted by Crippen LogP contribution is -2.11. The molecule has 0 unspecified atom stereocenters. The van der Waals surface area contributed by atoms with Gasteiger partial charge >= 0.3 is 0 Å². The molecule has 0 aliphatic heterocycles. The molecule has 0 aliphatic rings. The summed E-state index contributed by atoms with van der Waals surface area (Å²) in [4.78, 5) is 10.6. The topological polar surface area (TPSA) is 76.8 Å². The largest absolute Gasteiger partial charge is 0.311 e. The Labute approximate surface area is 533 Å². The van der Waals surface area contributed by atoms with Gasteiger partial charge in [-0.05, 0) is 143 Å². The fourth-order valence-corrected chi connectivity index (χ4v) is 13.4. The predicted octanol–water partition coefficient (Wildman–Crippen LogP) is 22.3. The number of hydrogen-bond donors (Lipinski definition) is 0. The van der Waals surface area contributed by atoms with Gasteiger partial charge in [0.05, 0.1) is 44.6 Å². The van der Waals surface area contributed by atoms with Crippen molar-refractivity contribution in [3.63, 3.8) is 0 Å². The summed E-state index contributed by atoms with van der Waals surface area (Å²) in [5.41, 5.74) is 20.6. The van der Waals surface area contributed by atoms with Crippen molar-refractivity contribution in [2.24, 2.45) is 0 Å². The highest BCUT2D eigenvalue weighted by Crippen LogP contribution is 2.50. The molecule has 0 saturated carbocycles. The molecule has 0 aliphatic carbocycles. The number of nitriles is 2. The van der Waals surface area contributed by atoms with Gasteiger partial charge in [0, 0.05) is 77.9 Å². The van der Waals surface area contributed by atoms with Crippen molar-refractivity contribution in [1.82, 2.24) is 14.1 Å². The van der Waals surface area contributed by atoms with Crippen LogP contribution in [0.1, 0.15) is 11.1 Å². The van der Waals surface area contributed by atoms with E-state index in [2.05, 4.69) is 310 Å². The zero-order valence-electron chi connectivity index (χ0n) is 49.9. The first-order valence-electron chi connectivity index (χ1n) is 30.8. The van der Waals surface area contributed by atoms with Gasteiger partial charge in [-0.3, -0.25) is 4.57 Å². The minimum absolute atomic E-state index is 0.280. The maximum Gasteiger partial charge on any atom is 0.147 e. The summed E-state index contributed by atoms with van der Waals surface area (Å²) >= 11 is 0. The Bertz CT molecular complexity index is 5420. The first-order chi connectivity index (χ1) is 45.6. The fraction of sp³-hybridized carbons (Fsp3) is 0. The molecule has 92 heavy (non-hydrogen) atoms. The maximum atomic E-state index is 11.5. The second kappa shape index (κ2) is 23.4. The van der Waals surface area contributed by atoms with E-state index in [4.69, 9.17) is 4.98 Å². The van der Waals surface area contributed by atoms with Gasteiger partial charge in [0.25, 0.3) is 0 Å². The molecule has 0 fully saturated rings. The number of nitrogens with zero attached hydrogens (tertiary/aromatic N) is 7. The summed E-state index contributed by atoms with van der Waals surface area (Å²) in [5, 5.41) is 26.6. The van der Waals surface area contributed by atoms with E-state index in [0.717, 1.165) is 128 Å². The van der Waals surface area contributed by atoms with Crippen LogP contribution in [0.25, 0.3) is 111 Å². The van der Waals surface area contributed by atoms with Crippen LogP contribution in [0.3, 0.4) is 0 Å². The minimum atomic E-state index is 0.280. The molecule has 3 heterocycles. The van der Waals surface area contributed by atoms with Crippen molar-refractivity contribution in [2.75, 3.05) is 9.80 Å². The molecule has 0 spiro atoms. The average Bonchev–Trinajstić information content (AvgIpc) is 1.44. The Balaban J connectivity index is 0.931. The van der Waals surface area contributed by atoms with E-state index in [0.29, 0.717) is 17.1 Å². The Kier molecular flexibility index (Phi) is 13.9. The molecular formula is C85H55N7. The van der Waals surface area contributed by atoms with Crippen LogP contribution in [0, 0.1) is 22.7 Å². The van der Waals surface area contributed by atoms with Crippen LogP contribution in [-0.2, 0) is 0 Å². The van der Waals surface area contributed by atoms with E-state index in [-0.39, 0.29) is 11.1 Å². The number of rotatable bonds is 13. The third kappa shape index (κ3) is 9.50. The van der Waals surface area contributed by atoms with Crippen molar-refractivity contribution in [1.29, 1.82) is 10.5 Å². The summed E-state index contributed by atoms with van der Waals surface area (Å²) in [6, 6.07) is 122. The minimum Gasteiger partial charge on any atom is -0.311 e. The van der Waals surface area contributed by atoms with Crippen LogP contribution in [-0.4, -0.2) is 14.1 Å². The lowest BCUT2D eigenvalue weighted by Gasteiger charge is -2.26. The van der Waals surface area contributed by atoms with Crippen molar-refractivity contribution in [2.45, 2.75) is 0 Å². The number of aromatic nitrogens is 3. The normalized spacial score (nSPS) is 11.2. The average molecular weight is 1170 g/mol. The van der Waals surface area contributed by atoms with Crippen LogP contribution >= 0.6 is 0 Å². The van der Waals surface area contributed by atoms with Gasteiger partial charge < -0.3 is 14.4 Å². The number of para-hydroxylation sites is 6. The first kappa shape index (κ1) is 54.6. The molecule has 16 aromatic rings. The van der Waals surface area contributed by atoms with Crippen LogP contribution < -0.4 is 9.80 Å². The summed E-state index contributed by atoms with van der Waals surface area (Å²) in [6.07, 6.45) is 0. The van der Waals surface area contributed by atoms with Gasteiger partial charge in [-0.15, -0.1) is 0 Å². The van der Waals surface area contributed by atoms with Gasteiger partial charge in [-0.25, -0.2) is 4.98 Å². The molecule has 0 atom stereocenters. The Morgan fingerprint density at radius 1 is 0.283 bits per heavy atom. The molecule has 7 nitrogen and oxygen atoms in total. The van der Waals surface area contributed by atoms with Crippen LogP contribution in [0.4, 0.5) is 34.1 Å². The standard InChI is InChI=1S/C85H55N7/c86-56-64-28-23-39-73(76(64)57-87)82-81(60-24-7-1-8-25-60)85(92-78-41-22-20-38-72(78)75-55-63(47-53-80(75)92)59-44-50-70(51-45-59)90(67-33-15-5-16-34-67)68-35-17-6-18-36-68)88-83(61-26-9-2-10-27-61)84(82)91-77-40-21-19-37-71(77)74-54-62(46-52-79(74)91)58-42-48-69(49-43-58)89(65-29-11-3-12-30-65)66-31-13-4-14-32-66/h1-55H. The van der Waals surface area contributed by atoms with Crippen LogP contribution in [0.2, 0.25) is 0 Å². The second-order valence-corrected chi connectivity index (χ2v) is 22.8. The SMILES string of the molecule is N#Cc1cccc(-c2c(-c3ccccc3)c(-n3c4ccccc4c4cc(-c5ccc(N(c6ccccc6)c6ccccc6)cc5)ccc43)nc(-c3ccccc3)c2-n2c3ccccc3c3cc(-c4ccc(N(c5ccccc5)c5ccccc5)cc4)ccc32)c1C#N. The molecular weight excluding hydrogens is 1120 g/mol. The van der Waals surface area contributed by atoms with Gasteiger partial charge in [-0.2, -0.15) is 10.5 Å². The van der Waals surface area contributed by atoms with Crippen molar-refractivity contribution in [3.8, 4) is 79.4 Å². The molecule has 0 N–H and O–H groups in total. The second-order valence-electron chi connectivity index (χ2n) is 22.8. The lowest BCUT2D eigenvalue weighted by atomic mass is 9.87. The van der Waals surface area contributed by atoms with Crippen molar-refractivity contribution in [3.05, 3.63) is 345 Å². The summed E-state index contributed by atoms with van der Waals surface area (Å²) in [7, 11) is 0. The fourth-order valence-electron chi connectivity index (χ4n) is 13.4. The molecule has 16 rings (SSSR count). The molecule has 0 amide bonds. The highest BCUT2D eigenvalue weighted by atomic mass is 15.1. The van der Waals surface area contributed by atoms with E-state index in [9.17, 15) is 10.5 Å². The van der Waals surface area contributed by atoms with Crippen LogP contribution in [0.15, 0.2) is 334 Å². The monoisotopic (exact) mass is 1170 g/mol. The molecule has 3 aromatic heterocycles. The Hall–Kier alpha value is -12.8. The summed E-state index contributed by atoms with van der Waals surface area (Å²) in [6.45, 7) is 0. The molecule has 430 valence electrons. The number of hydrogen-bond acceptors (Lipinski definition) is 5. The number of pyridine rings is 1. The van der Waals surface area contributed by atoms with E-state index < -0.39 is 0 Å². The zero-order valence-corrected chi connectivity index (χ0v) is 49.9. The van der Waals surface area contributed by atoms with E-state index in [1.807, 2.05) is 48.5 Å². The molecule has 0 saturated heterocycles. The zero-order chi connectivity index (χ0) is 61.5. The van der Waals surface area contributed by atoms with Gasteiger partial charge in [0.2, 0.25) is 0 Å². The predicted molar refractivity (Wildman–Crippen MR) is 379 cm³/mol. The van der Waals surface area contributed by atoms with Gasteiger partial charge in [0.15, 0.2) is 0 Å². The molecule has 0 bridgehead atoms. The van der Waals surface area contributed by atoms with Gasteiger partial charge in [-0.1, -0.05) is 218 Å². The highest BCUT2D eigenvalue weighted by Gasteiger charge is 2.31. The maximum absolute atomic E-state index is 11.5. The molecule has 7 heteroatoms. The first-order valence-corrected chi connectivity index (χ1v) is 30.8. The smallest absolute Gasteiger partial charge is 0.147 e. The number of benzene rings is 13. The third-order valence-electron chi connectivity index (χ3n) is 17.6. The number of anilines is 6. The quantitative estimate of drug-likeness (QED) is 0.115. The van der Waals surface area contributed by atoms with E-state index >= 15 is 0 Å². The molecule has 0 radical (unpaired) electrons. The van der Waals surface area contributed by atoms with Gasteiger partial charge in [0.1, 0.15) is 18.0 Å². The summed E-state index contributed by atoms with van der Waals surface area (Å²) < 4.78 is 4.65. The number of fused-ring (bicyclic) bond motifs is 6. The lowest BCUT2D eigenvalue weighted by molar-refractivity contribution is 1.06. The summed E-state index contributed by atoms with van der Waals surface area (Å²) in [5.74, 6) is 0.676. The Morgan fingerprint density at radius 2 is 0.663 bits per heavy atom.